The van der Waals surface area contributed by atoms with Gasteiger partial charge in [-0.15, -0.1) is 11.3 Å². The molecule has 0 fully saturated rings. The number of thiophene rings is 1. The third kappa shape index (κ3) is 2.48. The topological polar surface area (TPSA) is 61.6 Å². The van der Waals surface area contributed by atoms with Crippen LogP contribution in [0.4, 0.5) is 11.5 Å². The molecule has 98 valence electrons. The van der Waals surface area contributed by atoms with Gasteiger partial charge in [0.1, 0.15) is 10.6 Å². The van der Waals surface area contributed by atoms with Crippen LogP contribution in [0.25, 0.3) is 10.2 Å². The molecule has 1 aromatic carbocycles. The third-order valence-corrected chi connectivity index (χ3v) is 4.28. The van der Waals surface area contributed by atoms with E-state index >= 15 is 0 Å². The van der Waals surface area contributed by atoms with Crippen LogP contribution in [0.3, 0.4) is 0 Å². The molecule has 3 aromatic rings. The summed E-state index contributed by atoms with van der Waals surface area (Å²) in [6, 6.07) is 9.33. The van der Waals surface area contributed by atoms with Gasteiger partial charge in [0, 0.05) is 4.47 Å². The maximum Gasteiger partial charge on any atom is 0.225 e. The predicted molar refractivity (Wildman–Crippen MR) is 84.6 cm³/mol. The van der Waals surface area contributed by atoms with Gasteiger partial charge < -0.3 is 5.32 Å². The van der Waals surface area contributed by atoms with Crippen LogP contribution in [0.1, 0.15) is 5.56 Å². The van der Waals surface area contributed by atoms with Crippen molar-refractivity contribution in [2.75, 3.05) is 5.32 Å². The summed E-state index contributed by atoms with van der Waals surface area (Å²) in [6.07, 6.45) is 0. The smallest absolute Gasteiger partial charge is 0.225 e. The summed E-state index contributed by atoms with van der Waals surface area (Å²) in [6.45, 7) is 0. The quantitative estimate of drug-likeness (QED) is 0.667. The molecule has 0 aliphatic carbocycles. The molecule has 4 nitrogen and oxygen atoms in total. The van der Waals surface area contributed by atoms with Crippen molar-refractivity contribution in [1.29, 1.82) is 5.26 Å². The summed E-state index contributed by atoms with van der Waals surface area (Å²) in [5.74, 6) is 0.645. The normalized spacial score (nSPS) is 10.4. The minimum absolute atomic E-state index is 0.201. The maximum atomic E-state index is 8.86. The zero-order valence-electron chi connectivity index (χ0n) is 9.89. The van der Waals surface area contributed by atoms with Crippen molar-refractivity contribution in [2.45, 2.75) is 0 Å². The van der Waals surface area contributed by atoms with E-state index in [4.69, 9.17) is 16.9 Å². The Labute approximate surface area is 132 Å². The standard InChI is InChI=1S/C13H6BrClN4S/c14-9-5-7(6-16)1-2-10(9)17-11-8-3-4-20-12(8)19-13(15)18-11/h1-5H,(H,17,18,19). The highest BCUT2D eigenvalue weighted by atomic mass is 79.9. The number of fused-ring (bicyclic) bond motifs is 1. The van der Waals surface area contributed by atoms with Crippen molar-refractivity contribution in [3.05, 3.63) is 45.0 Å². The van der Waals surface area contributed by atoms with Gasteiger partial charge in [-0.2, -0.15) is 10.2 Å². The van der Waals surface area contributed by atoms with Gasteiger partial charge in [0.05, 0.1) is 22.7 Å². The fourth-order valence-electron chi connectivity index (χ4n) is 1.74. The second-order valence-electron chi connectivity index (χ2n) is 3.91. The molecule has 0 radical (unpaired) electrons. The van der Waals surface area contributed by atoms with Crippen molar-refractivity contribution >= 4 is 60.6 Å². The van der Waals surface area contributed by atoms with Crippen LogP contribution in [0, 0.1) is 11.3 Å². The highest BCUT2D eigenvalue weighted by molar-refractivity contribution is 9.10. The summed E-state index contributed by atoms with van der Waals surface area (Å²) in [5, 5.41) is 15.1. The largest absolute Gasteiger partial charge is 0.339 e. The van der Waals surface area contributed by atoms with Gasteiger partial charge in [-0.1, -0.05) is 0 Å². The van der Waals surface area contributed by atoms with Gasteiger partial charge in [0.2, 0.25) is 5.28 Å². The SMILES string of the molecule is N#Cc1ccc(Nc2nc(Cl)nc3sccc23)c(Br)c1. The maximum absolute atomic E-state index is 8.86. The molecular formula is C13H6BrClN4S. The lowest BCUT2D eigenvalue weighted by atomic mass is 10.2. The Morgan fingerprint density at radius 2 is 2.15 bits per heavy atom. The van der Waals surface area contributed by atoms with Gasteiger partial charge in [-0.3, -0.25) is 0 Å². The second kappa shape index (κ2) is 5.37. The van der Waals surface area contributed by atoms with Crippen molar-refractivity contribution in [3.63, 3.8) is 0 Å². The van der Waals surface area contributed by atoms with Gasteiger partial charge >= 0.3 is 0 Å². The molecule has 0 spiro atoms. The Morgan fingerprint density at radius 1 is 1.30 bits per heavy atom. The minimum atomic E-state index is 0.201. The van der Waals surface area contributed by atoms with E-state index in [0.717, 1.165) is 20.4 Å². The van der Waals surface area contributed by atoms with Gasteiger partial charge in [-0.05, 0) is 57.2 Å². The fourth-order valence-corrected chi connectivity index (χ4v) is 3.20. The molecule has 7 heteroatoms. The number of anilines is 2. The number of nitrogens with one attached hydrogen (secondary N) is 1. The molecule has 0 amide bonds. The number of benzene rings is 1. The number of halogens is 2. The molecule has 0 atom stereocenters. The Balaban J connectivity index is 2.05. The zero-order valence-corrected chi connectivity index (χ0v) is 13.1. The van der Waals surface area contributed by atoms with Gasteiger partial charge in [-0.25, -0.2) is 4.98 Å². The first-order valence-electron chi connectivity index (χ1n) is 5.55. The second-order valence-corrected chi connectivity index (χ2v) is 6.00. The third-order valence-electron chi connectivity index (χ3n) is 2.65. The molecule has 0 aliphatic heterocycles. The average Bonchev–Trinajstić information content (AvgIpc) is 2.89. The molecular weight excluding hydrogens is 360 g/mol. The lowest BCUT2D eigenvalue weighted by Gasteiger charge is -2.09. The van der Waals surface area contributed by atoms with E-state index in [-0.39, 0.29) is 5.28 Å². The van der Waals surface area contributed by atoms with Crippen molar-refractivity contribution in [3.8, 4) is 6.07 Å². The molecule has 3 rings (SSSR count). The van der Waals surface area contributed by atoms with E-state index in [1.165, 1.54) is 11.3 Å². The van der Waals surface area contributed by atoms with Crippen LogP contribution >= 0.6 is 38.9 Å². The number of rotatable bonds is 2. The van der Waals surface area contributed by atoms with E-state index < -0.39 is 0 Å². The van der Waals surface area contributed by atoms with E-state index in [9.17, 15) is 0 Å². The lowest BCUT2D eigenvalue weighted by Crippen LogP contribution is -1.97. The van der Waals surface area contributed by atoms with Crippen molar-refractivity contribution in [2.24, 2.45) is 0 Å². The lowest BCUT2D eigenvalue weighted by molar-refractivity contribution is 1.23. The van der Waals surface area contributed by atoms with E-state index in [1.54, 1.807) is 12.1 Å². The molecule has 0 bridgehead atoms. The monoisotopic (exact) mass is 364 g/mol. The minimum Gasteiger partial charge on any atom is -0.339 e. The molecule has 1 N–H and O–H groups in total. The molecule has 2 heterocycles. The number of hydrogen-bond acceptors (Lipinski definition) is 5. The molecule has 2 aromatic heterocycles. The Kier molecular flexibility index (Phi) is 3.57. The number of hydrogen-bond donors (Lipinski definition) is 1. The van der Waals surface area contributed by atoms with E-state index in [0.29, 0.717) is 11.4 Å². The summed E-state index contributed by atoms with van der Waals surface area (Å²) in [5.41, 5.74) is 1.40. The Bertz CT molecular complexity index is 840. The summed E-state index contributed by atoms with van der Waals surface area (Å²) in [4.78, 5) is 9.21. The summed E-state index contributed by atoms with van der Waals surface area (Å²) < 4.78 is 0.787. The first-order chi connectivity index (χ1) is 9.67. The molecule has 20 heavy (non-hydrogen) atoms. The van der Waals surface area contributed by atoms with E-state index in [2.05, 4.69) is 37.3 Å². The summed E-state index contributed by atoms with van der Waals surface area (Å²) in [7, 11) is 0. The molecule has 0 saturated carbocycles. The highest BCUT2D eigenvalue weighted by Crippen LogP contribution is 2.31. The Hall–Kier alpha value is -1.68. The number of aromatic nitrogens is 2. The van der Waals surface area contributed by atoms with Crippen LogP contribution in [0.2, 0.25) is 5.28 Å². The van der Waals surface area contributed by atoms with Crippen molar-refractivity contribution < 1.29 is 0 Å². The molecule has 0 unspecified atom stereocenters. The molecule has 0 saturated heterocycles. The number of nitrogens with zero attached hydrogens (tertiary/aromatic N) is 3. The molecule has 0 aliphatic rings. The average molecular weight is 366 g/mol. The highest BCUT2D eigenvalue weighted by Gasteiger charge is 2.10. The predicted octanol–water partition coefficient (Wildman–Crippen LogP) is 4.72. The Morgan fingerprint density at radius 3 is 2.90 bits per heavy atom. The van der Waals surface area contributed by atoms with Gasteiger partial charge in [0.15, 0.2) is 0 Å². The van der Waals surface area contributed by atoms with Crippen LogP contribution < -0.4 is 5.32 Å². The van der Waals surface area contributed by atoms with Crippen molar-refractivity contribution in [1.82, 2.24) is 9.97 Å². The van der Waals surface area contributed by atoms with Crippen LogP contribution in [0.15, 0.2) is 34.1 Å². The number of nitriles is 1. The summed E-state index contributed by atoms with van der Waals surface area (Å²) >= 11 is 10.9. The zero-order chi connectivity index (χ0) is 14.1. The fraction of sp³-hybridized carbons (Fsp3) is 0. The van der Waals surface area contributed by atoms with E-state index in [1.807, 2.05) is 17.5 Å². The first-order valence-corrected chi connectivity index (χ1v) is 7.60. The van der Waals surface area contributed by atoms with Gasteiger partial charge in [0.25, 0.3) is 0 Å². The van der Waals surface area contributed by atoms with Crippen LogP contribution in [-0.2, 0) is 0 Å². The van der Waals surface area contributed by atoms with Crippen LogP contribution in [0.5, 0.6) is 0 Å². The van der Waals surface area contributed by atoms with Crippen LogP contribution in [-0.4, -0.2) is 9.97 Å². The first kappa shape index (κ1) is 13.3.